The molecule has 108 valence electrons. The van der Waals surface area contributed by atoms with Crippen molar-refractivity contribution in [3.63, 3.8) is 0 Å². The Bertz CT molecular complexity index is 380. The van der Waals surface area contributed by atoms with E-state index >= 15 is 0 Å². The highest BCUT2D eigenvalue weighted by molar-refractivity contribution is 7.11. The zero-order valence-corrected chi connectivity index (χ0v) is 13.1. The highest BCUT2D eigenvalue weighted by atomic mass is 32.1. The Labute approximate surface area is 120 Å². The molecule has 0 amide bonds. The first-order valence-corrected chi connectivity index (χ1v) is 7.83. The van der Waals surface area contributed by atoms with Crippen LogP contribution in [0.1, 0.15) is 30.7 Å². The zero-order valence-electron chi connectivity index (χ0n) is 12.2. The monoisotopic (exact) mass is 283 g/mol. The number of nitrogens with one attached hydrogen (secondary N) is 1. The molecule has 1 N–H and O–H groups in total. The van der Waals surface area contributed by atoms with Crippen molar-refractivity contribution in [2.75, 3.05) is 39.4 Å². The van der Waals surface area contributed by atoms with Crippen LogP contribution < -0.4 is 5.32 Å². The van der Waals surface area contributed by atoms with E-state index in [1.54, 1.807) is 0 Å². The fourth-order valence-corrected chi connectivity index (χ4v) is 2.95. The van der Waals surface area contributed by atoms with E-state index < -0.39 is 0 Å². The topological polar surface area (TPSA) is 37.4 Å². The number of ether oxygens (including phenoxy) is 1. The van der Waals surface area contributed by atoms with Crippen molar-refractivity contribution in [3.05, 3.63) is 16.1 Å². The Hall–Kier alpha value is -0.490. The first kappa shape index (κ1) is 14.9. The normalized spacial score (nSPS) is 17.8. The molecule has 4 nitrogen and oxygen atoms in total. The summed E-state index contributed by atoms with van der Waals surface area (Å²) < 4.78 is 5.34. The molecule has 1 aromatic heterocycles. The maximum atomic E-state index is 5.34. The summed E-state index contributed by atoms with van der Waals surface area (Å²) in [6, 6.07) is 0. The minimum atomic E-state index is 0.163. The minimum absolute atomic E-state index is 0.163. The second-order valence-electron chi connectivity index (χ2n) is 6.01. The summed E-state index contributed by atoms with van der Waals surface area (Å²) in [5, 5.41) is 4.72. The Morgan fingerprint density at radius 3 is 2.74 bits per heavy atom. The quantitative estimate of drug-likeness (QED) is 0.837. The molecule has 0 atom stereocenters. The van der Waals surface area contributed by atoms with Crippen LogP contribution in [-0.2, 0) is 16.7 Å². The van der Waals surface area contributed by atoms with Gasteiger partial charge >= 0.3 is 0 Å². The van der Waals surface area contributed by atoms with Gasteiger partial charge in [-0.15, -0.1) is 11.3 Å². The molecule has 0 unspecified atom stereocenters. The van der Waals surface area contributed by atoms with Gasteiger partial charge in [-0.1, -0.05) is 20.8 Å². The maximum Gasteiger partial charge on any atom is 0.0981 e. The van der Waals surface area contributed by atoms with Crippen LogP contribution in [0.2, 0.25) is 0 Å². The van der Waals surface area contributed by atoms with Crippen molar-refractivity contribution in [2.24, 2.45) is 0 Å². The molecule has 0 spiro atoms. The number of hydrogen-bond acceptors (Lipinski definition) is 5. The number of rotatable bonds is 5. The third kappa shape index (κ3) is 4.84. The molecular formula is C14H25N3OS. The molecule has 0 aromatic carbocycles. The molecule has 1 aromatic rings. The van der Waals surface area contributed by atoms with Gasteiger partial charge in [0.05, 0.1) is 18.2 Å². The lowest BCUT2D eigenvalue weighted by molar-refractivity contribution is 0.0384. The fourth-order valence-electron chi connectivity index (χ4n) is 2.01. The Morgan fingerprint density at radius 1 is 1.37 bits per heavy atom. The predicted octanol–water partition coefficient (Wildman–Crippen LogP) is 1.86. The number of aromatic nitrogens is 1. The van der Waals surface area contributed by atoms with Crippen LogP contribution in [-0.4, -0.2) is 49.3 Å². The lowest BCUT2D eigenvalue weighted by Gasteiger charge is -2.26. The summed E-state index contributed by atoms with van der Waals surface area (Å²) >= 11 is 1.82. The molecule has 19 heavy (non-hydrogen) atoms. The van der Waals surface area contributed by atoms with Crippen LogP contribution in [0.25, 0.3) is 0 Å². The second-order valence-corrected chi connectivity index (χ2v) is 7.13. The van der Waals surface area contributed by atoms with Gasteiger partial charge in [-0.3, -0.25) is 4.90 Å². The van der Waals surface area contributed by atoms with Crippen molar-refractivity contribution in [2.45, 2.75) is 32.7 Å². The highest BCUT2D eigenvalue weighted by Crippen LogP contribution is 2.26. The van der Waals surface area contributed by atoms with Crippen molar-refractivity contribution in [1.29, 1.82) is 0 Å². The summed E-state index contributed by atoms with van der Waals surface area (Å²) in [4.78, 5) is 8.28. The van der Waals surface area contributed by atoms with E-state index in [0.29, 0.717) is 0 Å². The predicted molar refractivity (Wildman–Crippen MR) is 79.8 cm³/mol. The summed E-state index contributed by atoms with van der Waals surface area (Å²) in [5.41, 5.74) is 0.163. The van der Waals surface area contributed by atoms with Crippen molar-refractivity contribution < 1.29 is 4.74 Å². The molecule has 2 heterocycles. The second kappa shape index (κ2) is 6.79. The summed E-state index contributed by atoms with van der Waals surface area (Å²) in [6.07, 6.45) is 2.01. The van der Waals surface area contributed by atoms with E-state index in [2.05, 4.69) is 36.0 Å². The van der Waals surface area contributed by atoms with E-state index in [-0.39, 0.29) is 5.41 Å². The van der Waals surface area contributed by atoms with Gasteiger partial charge in [0.25, 0.3) is 0 Å². The summed E-state index contributed by atoms with van der Waals surface area (Å²) in [5.74, 6) is 0. The molecule has 1 aliphatic rings. The summed E-state index contributed by atoms with van der Waals surface area (Å²) in [6.45, 7) is 13.6. The van der Waals surface area contributed by atoms with E-state index in [1.165, 1.54) is 9.88 Å². The molecule has 5 heteroatoms. The van der Waals surface area contributed by atoms with Crippen molar-refractivity contribution >= 4 is 11.3 Å². The van der Waals surface area contributed by atoms with Crippen molar-refractivity contribution in [3.8, 4) is 0 Å². The molecule has 2 rings (SSSR count). The van der Waals surface area contributed by atoms with Gasteiger partial charge in [0, 0.05) is 49.2 Å². The van der Waals surface area contributed by atoms with Gasteiger partial charge in [0.1, 0.15) is 0 Å². The van der Waals surface area contributed by atoms with E-state index in [9.17, 15) is 0 Å². The third-order valence-corrected chi connectivity index (χ3v) is 4.63. The lowest BCUT2D eigenvalue weighted by atomic mass is 9.98. The van der Waals surface area contributed by atoms with Gasteiger partial charge in [0.2, 0.25) is 0 Å². The molecule has 0 aliphatic carbocycles. The first-order valence-electron chi connectivity index (χ1n) is 7.02. The zero-order chi connectivity index (χ0) is 13.7. The fraction of sp³-hybridized carbons (Fsp3) is 0.786. The number of morpholine rings is 1. The Balaban J connectivity index is 1.66. The Morgan fingerprint density at radius 2 is 2.11 bits per heavy atom. The van der Waals surface area contributed by atoms with Crippen molar-refractivity contribution in [1.82, 2.24) is 15.2 Å². The van der Waals surface area contributed by atoms with Gasteiger partial charge in [-0.05, 0) is 0 Å². The van der Waals surface area contributed by atoms with E-state index in [1.807, 2.05) is 17.5 Å². The van der Waals surface area contributed by atoms with Gasteiger partial charge in [0.15, 0.2) is 0 Å². The van der Waals surface area contributed by atoms with Crippen LogP contribution in [0.15, 0.2) is 6.20 Å². The highest BCUT2D eigenvalue weighted by Gasteiger charge is 2.17. The average Bonchev–Trinajstić information content (AvgIpc) is 2.85. The molecule has 1 saturated heterocycles. The number of hydrogen-bond donors (Lipinski definition) is 1. The molecule has 0 radical (unpaired) electrons. The molecule has 0 saturated carbocycles. The first-order chi connectivity index (χ1) is 9.05. The van der Waals surface area contributed by atoms with Gasteiger partial charge < -0.3 is 10.1 Å². The Kier molecular flexibility index (Phi) is 5.33. The van der Waals surface area contributed by atoms with Crippen LogP contribution in [0.4, 0.5) is 0 Å². The van der Waals surface area contributed by atoms with Crippen LogP contribution in [0.5, 0.6) is 0 Å². The number of thiazole rings is 1. The lowest BCUT2D eigenvalue weighted by Crippen LogP contribution is -2.40. The molecular weight excluding hydrogens is 258 g/mol. The summed E-state index contributed by atoms with van der Waals surface area (Å²) in [7, 11) is 0. The van der Waals surface area contributed by atoms with Gasteiger partial charge in [-0.25, -0.2) is 4.98 Å². The maximum absolute atomic E-state index is 5.34. The molecule has 0 bridgehead atoms. The largest absolute Gasteiger partial charge is 0.379 e. The third-order valence-electron chi connectivity index (χ3n) is 3.20. The SMILES string of the molecule is CC(C)(C)c1ncc(CNCCN2CCOCC2)s1. The average molecular weight is 283 g/mol. The van der Waals surface area contributed by atoms with E-state index in [0.717, 1.165) is 45.9 Å². The number of nitrogens with zero attached hydrogens (tertiary/aromatic N) is 2. The van der Waals surface area contributed by atoms with E-state index in [4.69, 9.17) is 4.74 Å². The smallest absolute Gasteiger partial charge is 0.0981 e. The standard InChI is InChI=1S/C14H25N3OS/c1-14(2,3)13-16-11-12(19-13)10-15-4-5-17-6-8-18-9-7-17/h11,15H,4-10H2,1-3H3. The van der Waals surface area contributed by atoms with Crippen LogP contribution in [0.3, 0.4) is 0 Å². The molecule has 1 aliphatic heterocycles. The van der Waals surface area contributed by atoms with Crippen LogP contribution >= 0.6 is 11.3 Å². The van der Waals surface area contributed by atoms with Gasteiger partial charge in [-0.2, -0.15) is 0 Å². The van der Waals surface area contributed by atoms with Crippen LogP contribution in [0, 0.1) is 0 Å². The minimum Gasteiger partial charge on any atom is -0.379 e. The molecule has 1 fully saturated rings.